The zero-order valence-electron chi connectivity index (χ0n) is 12.0. The first-order chi connectivity index (χ1) is 9.67. The van der Waals surface area contributed by atoms with Gasteiger partial charge < -0.3 is 10.6 Å². The molecule has 0 spiro atoms. The minimum absolute atomic E-state index is 0.117. The van der Waals surface area contributed by atoms with Crippen LogP contribution in [0.25, 0.3) is 0 Å². The summed E-state index contributed by atoms with van der Waals surface area (Å²) < 4.78 is 13.0. The van der Waals surface area contributed by atoms with Crippen LogP contribution in [0, 0.1) is 11.7 Å². The average molecular weight is 278 g/mol. The summed E-state index contributed by atoms with van der Waals surface area (Å²) >= 11 is 0. The molecule has 0 unspecified atom stereocenters. The topological polar surface area (TPSA) is 41.1 Å². The molecule has 0 saturated heterocycles. The predicted molar refractivity (Wildman–Crippen MR) is 79.1 cm³/mol. The summed E-state index contributed by atoms with van der Waals surface area (Å²) in [4.78, 5) is 11.8. The molecule has 0 bridgehead atoms. The van der Waals surface area contributed by atoms with E-state index in [1.165, 1.54) is 31.4 Å². The number of amides is 1. The highest BCUT2D eigenvalue weighted by molar-refractivity contribution is 5.92. The fourth-order valence-electron chi connectivity index (χ4n) is 2.78. The molecule has 1 fully saturated rings. The summed E-state index contributed by atoms with van der Waals surface area (Å²) in [6.07, 6.45) is 6.05. The van der Waals surface area contributed by atoms with Gasteiger partial charge in [0.15, 0.2) is 0 Å². The van der Waals surface area contributed by atoms with Crippen molar-refractivity contribution in [2.24, 2.45) is 5.92 Å². The maximum absolute atomic E-state index is 13.0. The van der Waals surface area contributed by atoms with Crippen LogP contribution in [0.4, 0.5) is 10.1 Å². The predicted octanol–water partition coefficient (Wildman–Crippen LogP) is 3.32. The molecule has 2 N–H and O–H groups in total. The first-order valence-corrected chi connectivity index (χ1v) is 7.46. The van der Waals surface area contributed by atoms with Crippen LogP contribution < -0.4 is 10.6 Å². The Bertz CT molecular complexity index is 442. The maximum atomic E-state index is 13.0. The van der Waals surface area contributed by atoms with Crippen molar-refractivity contribution in [1.82, 2.24) is 5.32 Å². The van der Waals surface area contributed by atoms with E-state index in [4.69, 9.17) is 0 Å². The van der Waals surface area contributed by atoms with Gasteiger partial charge in [0.25, 0.3) is 0 Å². The smallest absolute Gasteiger partial charge is 0.238 e. The molecule has 4 heteroatoms. The van der Waals surface area contributed by atoms with Gasteiger partial charge in [-0.2, -0.15) is 0 Å². The van der Waals surface area contributed by atoms with E-state index in [2.05, 4.69) is 17.6 Å². The third-order valence-electron chi connectivity index (χ3n) is 4.08. The van der Waals surface area contributed by atoms with Gasteiger partial charge in [-0.05, 0) is 49.8 Å². The Morgan fingerprint density at radius 3 is 2.70 bits per heavy atom. The molecule has 1 aromatic carbocycles. The average Bonchev–Trinajstić information content (AvgIpc) is 2.46. The Balaban J connectivity index is 1.70. The molecule has 20 heavy (non-hydrogen) atoms. The molecule has 0 radical (unpaired) electrons. The van der Waals surface area contributed by atoms with Crippen molar-refractivity contribution in [3.05, 3.63) is 30.1 Å². The number of hydrogen-bond donors (Lipinski definition) is 2. The van der Waals surface area contributed by atoms with E-state index < -0.39 is 0 Å². The van der Waals surface area contributed by atoms with E-state index in [9.17, 15) is 9.18 Å². The lowest BCUT2D eigenvalue weighted by Crippen LogP contribution is -2.38. The molecular weight excluding hydrogens is 255 g/mol. The van der Waals surface area contributed by atoms with Crippen LogP contribution in [0.3, 0.4) is 0 Å². The van der Waals surface area contributed by atoms with Crippen molar-refractivity contribution in [3.63, 3.8) is 0 Å². The van der Waals surface area contributed by atoms with Crippen LogP contribution in [0.15, 0.2) is 24.3 Å². The number of rotatable bonds is 5. The van der Waals surface area contributed by atoms with Gasteiger partial charge in [0.2, 0.25) is 5.91 Å². The van der Waals surface area contributed by atoms with Crippen molar-refractivity contribution >= 4 is 11.6 Å². The number of benzene rings is 1. The third-order valence-corrected chi connectivity index (χ3v) is 4.08. The van der Waals surface area contributed by atoms with E-state index in [1.54, 1.807) is 12.1 Å². The lowest BCUT2D eigenvalue weighted by atomic mass is 9.84. The Kier molecular flexibility index (Phi) is 5.53. The molecule has 1 aliphatic carbocycles. The Labute approximate surface area is 120 Å². The molecule has 2 rings (SSSR count). The standard InChI is InChI=1S/C16H23FN2O/c1-2-12-6-8-14(9-7-12)18-11-16(20)19-15-5-3-4-13(17)10-15/h3-5,10,12,14,18H,2,6-9,11H2,1H3,(H,19,20). The highest BCUT2D eigenvalue weighted by atomic mass is 19.1. The van der Waals surface area contributed by atoms with E-state index in [0.29, 0.717) is 11.7 Å². The van der Waals surface area contributed by atoms with Crippen molar-refractivity contribution in [2.75, 3.05) is 11.9 Å². The summed E-state index contributed by atoms with van der Waals surface area (Å²) in [5.74, 6) is 0.399. The maximum Gasteiger partial charge on any atom is 0.238 e. The van der Waals surface area contributed by atoms with Gasteiger partial charge in [0.05, 0.1) is 6.54 Å². The van der Waals surface area contributed by atoms with E-state index >= 15 is 0 Å². The summed E-state index contributed by atoms with van der Waals surface area (Å²) in [5, 5.41) is 6.00. The Morgan fingerprint density at radius 2 is 2.05 bits per heavy atom. The summed E-state index contributed by atoms with van der Waals surface area (Å²) in [7, 11) is 0. The van der Waals surface area contributed by atoms with Crippen molar-refractivity contribution in [3.8, 4) is 0 Å². The first kappa shape index (κ1) is 15.0. The highest BCUT2D eigenvalue weighted by Gasteiger charge is 2.19. The van der Waals surface area contributed by atoms with E-state index in [0.717, 1.165) is 18.8 Å². The lowest BCUT2D eigenvalue weighted by Gasteiger charge is -2.28. The first-order valence-electron chi connectivity index (χ1n) is 7.46. The molecule has 0 atom stereocenters. The third kappa shape index (κ3) is 4.60. The number of carbonyl (C=O) groups excluding carboxylic acids is 1. The molecule has 1 saturated carbocycles. The fourth-order valence-corrected chi connectivity index (χ4v) is 2.78. The number of hydrogen-bond acceptors (Lipinski definition) is 2. The normalized spacial score (nSPS) is 22.5. The molecule has 1 amide bonds. The van der Waals surface area contributed by atoms with Crippen LogP contribution in [-0.4, -0.2) is 18.5 Å². The van der Waals surface area contributed by atoms with Crippen molar-refractivity contribution in [2.45, 2.75) is 45.1 Å². The van der Waals surface area contributed by atoms with Gasteiger partial charge in [0, 0.05) is 11.7 Å². The quantitative estimate of drug-likeness (QED) is 0.867. The Morgan fingerprint density at radius 1 is 1.30 bits per heavy atom. The van der Waals surface area contributed by atoms with Crippen LogP contribution in [0.5, 0.6) is 0 Å². The lowest BCUT2D eigenvalue weighted by molar-refractivity contribution is -0.115. The van der Waals surface area contributed by atoms with E-state index in [-0.39, 0.29) is 18.3 Å². The van der Waals surface area contributed by atoms with Crippen LogP contribution >= 0.6 is 0 Å². The van der Waals surface area contributed by atoms with Gasteiger partial charge in [-0.3, -0.25) is 4.79 Å². The zero-order chi connectivity index (χ0) is 14.4. The van der Waals surface area contributed by atoms with Gasteiger partial charge in [-0.25, -0.2) is 4.39 Å². The zero-order valence-corrected chi connectivity index (χ0v) is 12.0. The van der Waals surface area contributed by atoms with Crippen LogP contribution in [0.1, 0.15) is 39.0 Å². The minimum atomic E-state index is -0.339. The van der Waals surface area contributed by atoms with Gasteiger partial charge in [-0.15, -0.1) is 0 Å². The highest BCUT2D eigenvalue weighted by Crippen LogP contribution is 2.26. The summed E-state index contributed by atoms with van der Waals surface area (Å²) in [6.45, 7) is 2.53. The number of halogens is 1. The molecular formula is C16H23FN2O. The number of anilines is 1. The van der Waals surface area contributed by atoms with Gasteiger partial charge >= 0.3 is 0 Å². The minimum Gasteiger partial charge on any atom is -0.325 e. The summed E-state index contributed by atoms with van der Waals surface area (Å²) in [6, 6.07) is 6.40. The molecule has 1 aliphatic rings. The Hall–Kier alpha value is -1.42. The molecule has 110 valence electrons. The van der Waals surface area contributed by atoms with Gasteiger partial charge in [-0.1, -0.05) is 19.4 Å². The molecule has 1 aromatic rings. The van der Waals surface area contributed by atoms with Gasteiger partial charge in [0.1, 0.15) is 5.82 Å². The SMILES string of the molecule is CCC1CCC(NCC(=O)Nc2cccc(F)c2)CC1. The molecule has 3 nitrogen and oxygen atoms in total. The molecule has 0 aliphatic heterocycles. The second-order valence-electron chi connectivity index (χ2n) is 5.57. The van der Waals surface area contributed by atoms with E-state index in [1.807, 2.05) is 0 Å². The molecule has 0 aromatic heterocycles. The van der Waals surface area contributed by atoms with Crippen molar-refractivity contribution in [1.29, 1.82) is 0 Å². The van der Waals surface area contributed by atoms with Crippen LogP contribution in [-0.2, 0) is 4.79 Å². The summed E-state index contributed by atoms with van der Waals surface area (Å²) in [5.41, 5.74) is 0.506. The molecule has 0 heterocycles. The van der Waals surface area contributed by atoms with Crippen molar-refractivity contribution < 1.29 is 9.18 Å². The monoisotopic (exact) mass is 278 g/mol. The van der Waals surface area contributed by atoms with Crippen LogP contribution in [0.2, 0.25) is 0 Å². The number of carbonyl (C=O) groups is 1. The number of nitrogens with one attached hydrogen (secondary N) is 2. The largest absolute Gasteiger partial charge is 0.325 e. The second kappa shape index (κ2) is 7.39. The second-order valence-corrected chi connectivity index (χ2v) is 5.57. The fraction of sp³-hybridized carbons (Fsp3) is 0.562.